The third kappa shape index (κ3) is 6.92. The SMILES string of the molecule is [2H]c1c([2H])c([2H])c(-c2cccc(-c3c([2H])c([2H])c([2H])c([2H])c3[2H])c2-[n+]2[c-]n(-c3[c-]c(Oc4[c-]c5c(cc4)c4cnc(C)cc4n5-c4cc(C(C)(C)C)ccn4)ccn3)c3ccccc32)c([2H])c1[2H].[Pt]. The number of pyridine rings is 3. The van der Waals surface area contributed by atoms with E-state index in [1.165, 1.54) is 0 Å². The summed E-state index contributed by atoms with van der Waals surface area (Å²) in [4.78, 5) is 14.0. The molecule has 0 aliphatic carbocycles. The number of benzene rings is 5. The Bertz CT molecular complexity index is 3610. The van der Waals surface area contributed by atoms with Gasteiger partial charge in [-0.05, 0) is 69.5 Å². The first kappa shape index (κ1) is 27.9. The van der Waals surface area contributed by atoms with Gasteiger partial charge in [0.15, 0.2) is 0 Å². The van der Waals surface area contributed by atoms with Crippen LogP contribution in [-0.2, 0) is 26.5 Å². The van der Waals surface area contributed by atoms with Crippen LogP contribution < -0.4 is 9.30 Å². The molecule has 0 unspecified atom stereocenters. The largest absolute Gasteiger partial charge is 0.522 e. The van der Waals surface area contributed by atoms with Crippen molar-refractivity contribution in [1.82, 2.24) is 24.1 Å². The molecule has 10 aromatic rings. The van der Waals surface area contributed by atoms with E-state index in [0.717, 1.165) is 38.9 Å². The van der Waals surface area contributed by atoms with E-state index in [0.29, 0.717) is 16.8 Å². The van der Waals surface area contributed by atoms with Gasteiger partial charge < -0.3 is 9.30 Å². The van der Waals surface area contributed by atoms with Gasteiger partial charge in [-0.1, -0.05) is 135 Å². The topological polar surface area (TPSA) is 61.6 Å². The van der Waals surface area contributed by atoms with Crippen LogP contribution in [-0.4, -0.2) is 24.1 Å². The van der Waals surface area contributed by atoms with Crippen molar-refractivity contribution >= 4 is 32.8 Å². The van der Waals surface area contributed by atoms with Crippen LogP contribution in [0.3, 0.4) is 0 Å². The summed E-state index contributed by atoms with van der Waals surface area (Å²) in [6, 6.07) is 24.8. The van der Waals surface area contributed by atoms with Gasteiger partial charge in [-0.15, -0.1) is 17.5 Å². The third-order valence-electron chi connectivity index (χ3n) is 9.96. The van der Waals surface area contributed by atoms with Crippen molar-refractivity contribution in [2.24, 2.45) is 0 Å². The van der Waals surface area contributed by atoms with Crippen LogP contribution in [0.25, 0.3) is 72.4 Å². The molecule has 290 valence electrons. The molecule has 0 aliphatic rings. The number of para-hydroxylation sites is 3. The van der Waals surface area contributed by atoms with Gasteiger partial charge in [0.2, 0.25) is 0 Å². The standard InChI is InChI=1S/C51H38N6O.Pt/c1-34-28-46-43(32-54-34)42-23-22-38(30-47(42)57(46)49-29-37(24-26-53-49)51(2,3)4)58-39-25-27-52-48(31-39)55-33-56(45-21-12-11-20-44(45)55)50-40(35-14-7-5-8-15-35)18-13-19-41(50)36-16-9-6-10-17-36;/h5-29,32H,1-4H3;/q-2;/i5D,6D,7D,8D,9D,10D,14D,15D,16D,17D;. The quantitative estimate of drug-likeness (QED) is 0.118. The maximum atomic E-state index is 8.98. The van der Waals surface area contributed by atoms with E-state index in [2.05, 4.69) is 59.8 Å². The molecule has 0 spiro atoms. The molecule has 10 rings (SSSR count). The molecule has 0 amide bonds. The number of aromatic nitrogens is 6. The van der Waals surface area contributed by atoms with Gasteiger partial charge in [0.1, 0.15) is 5.82 Å². The number of rotatable bonds is 7. The Hall–Kier alpha value is -6.69. The summed E-state index contributed by atoms with van der Waals surface area (Å²) >= 11 is 0. The number of aryl methyl sites for hydroxylation is 1. The molecule has 5 heterocycles. The van der Waals surface area contributed by atoms with Gasteiger partial charge in [0.25, 0.3) is 6.33 Å². The maximum absolute atomic E-state index is 8.98. The van der Waals surface area contributed by atoms with E-state index in [9.17, 15) is 0 Å². The monoisotopic (exact) mass is 955 g/mol. The minimum absolute atomic E-state index is 0. The molecule has 59 heavy (non-hydrogen) atoms. The van der Waals surface area contributed by atoms with Crippen LogP contribution in [0.4, 0.5) is 0 Å². The van der Waals surface area contributed by atoms with E-state index in [1.807, 2.05) is 55.7 Å². The van der Waals surface area contributed by atoms with Crippen molar-refractivity contribution in [3.8, 4) is 51.1 Å². The Morgan fingerprint density at radius 3 is 2.12 bits per heavy atom. The van der Waals surface area contributed by atoms with Crippen molar-refractivity contribution in [1.29, 1.82) is 0 Å². The van der Waals surface area contributed by atoms with Crippen molar-refractivity contribution < 1.29 is 44.1 Å². The van der Waals surface area contributed by atoms with Crippen LogP contribution in [0.2, 0.25) is 0 Å². The van der Waals surface area contributed by atoms with Crippen LogP contribution in [0, 0.1) is 25.4 Å². The van der Waals surface area contributed by atoms with Crippen molar-refractivity contribution in [2.45, 2.75) is 33.1 Å². The van der Waals surface area contributed by atoms with Gasteiger partial charge in [-0.2, -0.15) is 18.2 Å². The fraction of sp³-hybridized carbons (Fsp3) is 0.0980. The predicted molar refractivity (Wildman–Crippen MR) is 230 cm³/mol. The van der Waals surface area contributed by atoms with Gasteiger partial charge in [0, 0.05) is 50.4 Å². The summed E-state index contributed by atoms with van der Waals surface area (Å²) in [5.41, 5.74) is 4.60. The van der Waals surface area contributed by atoms with E-state index in [4.69, 9.17) is 23.4 Å². The van der Waals surface area contributed by atoms with Crippen LogP contribution in [0.5, 0.6) is 11.5 Å². The average molecular weight is 956 g/mol. The van der Waals surface area contributed by atoms with E-state index in [-0.39, 0.29) is 66.0 Å². The second kappa shape index (κ2) is 15.2. The fourth-order valence-electron chi connectivity index (χ4n) is 7.21. The zero-order valence-electron chi connectivity index (χ0n) is 42.1. The number of hydrogen-bond acceptors (Lipinski definition) is 4. The molecule has 8 heteroatoms. The summed E-state index contributed by atoms with van der Waals surface area (Å²) in [6.45, 7) is 8.41. The van der Waals surface area contributed by atoms with Crippen molar-refractivity contribution in [3.63, 3.8) is 0 Å². The molecule has 5 aromatic carbocycles. The van der Waals surface area contributed by atoms with Gasteiger partial charge in [0.05, 0.1) is 36.2 Å². The maximum Gasteiger partial charge on any atom is 0.269 e. The Morgan fingerprint density at radius 2 is 1.39 bits per heavy atom. The molecular formula is C51H38N6OPt-2. The molecule has 0 radical (unpaired) electrons. The Labute approximate surface area is 371 Å². The van der Waals surface area contributed by atoms with Gasteiger partial charge >= 0.3 is 0 Å². The second-order valence-corrected chi connectivity index (χ2v) is 14.7. The Kier molecular flexibility index (Phi) is 7.20. The van der Waals surface area contributed by atoms with E-state index >= 15 is 0 Å². The number of fused-ring (bicyclic) bond motifs is 4. The molecule has 0 atom stereocenters. The first-order chi connectivity index (χ1) is 32.4. The summed E-state index contributed by atoms with van der Waals surface area (Å²) in [5, 5.41) is 1.84. The smallest absolute Gasteiger partial charge is 0.269 e. The van der Waals surface area contributed by atoms with Gasteiger partial charge in [-0.25, -0.2) is 4.98 Å². The average Bonchev–Trinajstić information content (AvgIpc) is 3.87. The predicted octanol–water partition coefficient (Wildman–Crippen LogP) is 11.3. The minimum Gasteiger partial charge on any atom is -0.522 e. The molecule has 0 N–H and O–H groups in total. The van der Waals surface area contributed by atoms with Crippen LogP contribution in [0.15, 0.2) is 158 Å². The van der Waals surface area contributed by atoms with Gasteiger partial charge in [-0.3, -0.25) is 19.1 Å². The van der Waals surface area contributed by atoms with E-state index < -0.39 is 60.4 Å². The third-order valence-corrected chi connectivity index (χ3v) is 9.96. The summed E-state index contributed by atoms with van der Waals surface area (Å²) in [5.74, 6) is 1.64. The second-order valence-electron chi connectivity index (χ2n) is 14.7. The number of nitrogens with zero attached hydrogens (tertiary/aromatic N) is 6. The molecule has 0 fully saturated rings. The van der Waals surface area contributed by atoms with Crippen molar-refractivity contribution in [2.75, 3.05) is 0 Å². The first-order valence-electron chi connectivity index (χ1n) is 23.5. The number of ether oxygens (including phenoxy) is 1. The number of hydrogen-bond donors (Lipinski definition) is 0. The molecule has 0 saturated carbocycles. The zero-order chi connectivity index (χ0) is 48.1. The fourth-order valence-corrected chi connectivity index (χ4v) is 7.21. The zero-order valence-corrected chi connectivity index (χ0v) is 34.4. The summed E-state index contributed by atoms with van der Waals surface area (Å²) in [6.07, 6.45) is 8.55. The Morgan fingerprint density at radius 1 is 0.695 bits per heavy atom. The first-order valence-corrected chi connectivity index (χ1v) is 18.5. The summed E-state index contributed by atoms with van der Waals surface area (Å²) < 4.78 is 98.4. The minimum atomic E-state index is -0.582. The molecule has 7 nitrogen and oxygen atoms in total. The van der Waals surface area contributed by atoms with Crippen molar-refractivity contribution in [3.05, 3.63) is 188 Å². The van der Waals surface area contributed by atoms with E-state index in [1.54, 1.807) is 51.7 Å². The molecule has 5 aromatic heterocycles. The Balaban J connectivity index is 0.00000593. The molecular weight excluding hydrogens is 908 g/mol. The van der Waals surface area contributed by atoms with Crippen LogP contribution in [0.1, 0.15) is 45.7 Å². The summed E-state index contributed by atoms with van der Waals surface area (Å²) in [7, 11) is 0. The molecule has 0 bridgehead atoms. The number of imidazole rings is 1. The normalized spacial score (nSPS) is 14.0. The molecule has 0 aliphatic heterocycles. The molecule has 0 saturated heterocycles. The van der Waals surface area contributed by atoms with Crippen LogP contribution >= 0.6 is 0 Å².